The Morgan fingerprint density at radius 1 is 1.03 bits per heavy atom. The molecule has 2 aromatic rings. The maximum Gasteiger partial charge on any atom is 0.210 e. The van der Waals surface area contributed by atoms with Crippen molar-refractivity contribution in [3.8, 4) is 11.5 Å². The summed E-state index contributed by atoms with van der Waals surface area (Å²) < 4.78 is 27.3. The van der Waals surface area contributed by atoms with E-state index in [4.69, 9.17) is 9.47 Å². The van der Waals surface area contributed by atoms with Crippen molar-refractivity contribution >= 4 is 18.4 Å². The van der Waals surface area contributed by atoms with E-state index in [1.165, 1.54) is 16.7 Å². The molecule has 1 N–H and O–H groups in total. The van der Waals surface area contributed by atoms with E-state index in [-0.39, 0.29) is 0 Å². The normalized spacial score (nSPS) is 21.0. The third kappa shape index (κ3) is 5.82. The molecule has 1 saturated heterocycles. The number of alkyl halides is 1. The van der Waals surface area contributed by atoms with E-state index in [0.717, 1.165) is 49.0 Å². The predicted molar refractivity (Wildman–Crippen MR) is 136 cm³/mol. The molecule has 6 nitrogen and oxygen atoms in total. The largest absolute Gasteiger partial charge is 0.486 e. The number of nitrogens with zero attached hydrogens (tertiary/aromatic N) is 2. The van der Waals surface area contributed by atoms with Crippen molar-refractivity contribution in [3.05, 3.63) is 65.2 Å². The van der Waals surface area contributed by atoms with Crippen LogP contribution >= 0.6 is 11.9 Å². The maximum atomic E-state index is 13.8. The lowest BCUT2D eigenvalue weighted by molar-refractivity contribution is -0.117. The second kappa shape index (κ2) is 10.6. The lowest BCUT2D eigenvalue weighted by Crippen LogP contribution is -2.56. The Kier molecular flexibility index (Phi) is 7.32. The van der Waals surface area contributed by atoms with Crippen molar-refractivity contribution in [1.29, 1.82) is 0 Å². The van der Waals surface area contributed by atoms with E-state index >= 15 is 0 Å². The van der Waals surface area contributed by atoms with Crippen LogP contribution in [0, 0.1) is 0 Å². The molecule has 186 valence electrons. The molecule has 0 saturated carbocycles. The van der Waals surface area contributed by atoms with Crippen molar-refractivity contribution in [2.75, 3.05) is 52.5 Å². The second-order valence-electron chi connectivity index (χ2n) is 9.68. The molecule has 4 heterocycles. The highest BCUT2D eigenvalue weighted by molar-refractivity contribution is 7.97. The SMILES string of the molecule is CC(CC1(F)CNC1)c1ccccc1.O=CN1CC2=C(C1)CN(Sc1ccc3c(c1)OCCO3)C2. The third-order valence-corrected chi connectivity index (χ3v) is 7.82. The minimum absolute atomic E-state index is 0.309. The average molecular weight is 498 g/mol. The maximum absolute atomic E-state index is 13.8. The van der Waals surface area contributed by atoms with Crippen molar-refractivity contribution in [2.45, 2.75) is 29.8 Å². The summed E-state index contributed by atoms with van der Waals surface area (Å²) in [5.41, 5.74) is 3.06. The van der Waals surface area contributed by atoms with Crippen molar-refractivity contribution < 1.29 is 18.7 Å². The zero-order valence-electron chi connectivity index (χ0n) is 20.0. The number of halogens is 1. The minimum Gasteiger partial charge on any atom is -0.486 e. The Morgan fingerprint density at radius 3 is 2.34 bits per heavy atom. The van der Waals surface area contributed by atoms with Gasteiger partial charge in [-0.1, -0.05) is 37.3 Å². The number of hydrogen-bond acceptors (Lipinski definition) is 6. The standard InChI is InChI=1S/C15H16N2O3S.C12H16FN/c18-10-16-6-11-8-17(9-12(11)7-16)21-13-1-2-14-15(5-13)20-4-3-19-14;1-10(7-12(13)8-14-9-12)11-5-3-2-4-6-11/h1-2,5,10H,3-4,6-9H2;2-6,10,14H,7-9H2,1H3. The number of nitrogens with one attached hydrogen (secondary N) is 1. The van der Waals surface area contributed by atoms with Gasteiger partial charge in [-0.3, -0.25) is 4.79 Å². The van der Waals surface area contributed by atoms with Gasteiger partial charge in [-0.2, -0.15) is 0 Å². The number of amides is 1. The summed E-state index contributed by atoms with van der Waals surface area (Å²) in [5.74, 6) is 1.97. The summed E-state index contributed by atoms with van der Waals surface area (Å²) in [7, 11) is 0. The van der Waals surface area contributed by atoms with Crippen LogP contribution in [0.3, 0.4) is 0 Å². The molecule has 2 aromatic carbocycles. The van der Waals surface area contributed by atoms with Crippen LogP contribution in [0.5, 0.6) is 11.5 Å². The predicted octanol–water partition coefficient (Wildman–Crippen LogP) is 4.04. The van der Waals surface area contributed by atoms with Gasteiger partial charge in [-0.25, -0.2) is 8.70 Å². The molecule has 1 fully saturated rings. The number of carbonyl (C=O) groups excluding carboxylic acids is 1. The van der Waals surface area contributed by atoms with E-state index < -0.39 is 5.67 Å². The van der Waals surface area contributed by atoms with Gasteiger partial charge in [0.25, 0.3) is 0 Å². The number of benzene rings is 2. The minimum atomic E-state index is -0.963. The molecule has 0 aromatic heterocycles. The van der Waals surface area contributed by atoms with Crippen molar-refractivity contribution in [2.24, 2.45) is 0 Å². The van der Waals surface area contributed by atoms with Crippen LogP contribution in [-0.4, -0.2) is 73.8 Å². The number of fused-ring (bicyclic) bond motifs is 1. The Balaban J connectivity index is 0.000000158. The van der Waals surface area contributed by atoms with Gasteiger partial charge in [0.2, 0.25) is 6.41 Å². The third-order valence-electron chi connectivity index (χ3n) is 6.84. The first kappa shape index (κ1) is 24.2. The first-order valence-corrected chi connectivity index (χ1v) is 12.9. The molecule has 6 rings (SSSR count). The van der Waals surface area contributed by atoms with Gasteiger partial charge >= 0.3 is 0 Å². The fraction of sp³-hybridized carbons (Fsp3) is 0.444. The molecule has 35 heavy (non-hydrogen) atoms. The van der Waals surface area contributed by atoms with Crippen LogP contribution in [0.15, 0.2) is 64.6 Å². The molecule has 0 bridgehead atoms. The van der Waals surface area contributed by atoms with Gasteiger partial charge in [0.1, 0.15) is 18.9 Å². The first-order chi connectivity index (χ1) is 17.0. The summed E-state index contributed by atoms with van der Waals surface area (Å²) in [6, 6.07) is 16.2. The molecule has 0 aliphatic carbocycles. The van der Waals surface area contributed by atoms with Crippen molar-refractivity contribution in [1.82, 2.24) is 14.5 Å². The Bertz CT molecular complexity index is 1060. The average Bonchev–Trinajstić information content (AvgIpc) is 3.42. The number of ether oxygens (including phenoxy) is 2. The van der Waals surface area contributed by atoms with Crippen molar-refractivity contribution in [3.63, 3.8) is 0 Å². The molecule has 8 heteroatoms. The molecular weight excluding hydrogens is 465 g/mol. The molecule has 1 unspecified atom stereocenters. The van der Waals surface area contributed by atoms with Gasteiger partial charge in [-0.15, -0.1) is 0 Å². The number of carbonyl (C=O) groups is 1. The Labute approximate surface area is 210 Å². The molecule has 1 amide bonds. The molecule has 0 radical (unpaired) electrons. The second-order valence-corrected chi connectivity index (χ2v) is 10.9. The summed E-state index contributed by atoms with van der Waals surface area (Å²) in [4.78, 5) is 13.8. The van der Waals surface area contributed by atoms with E-state index in [1.54, 1.807) is 11.9 Å². The van der Waals surface area contributed by atoms with E-state index in [9.17, 15) is 9.18 Å². The van der Waals surface area contributed by atoms with E-state index in [2.05, 4.69) is 34.7 Å². The highest BCUT2D eigenvalue weighted by Gasteiger charge is 2.38. The fourth-order valence-corrected chi connectivity index (χ4v) is 5.96. The Hall–Kier alpha value is -2.55. The number of rotatable bonds is 6. The van der Waals surface area contributed by atoms with Gasteiger partial charge in [0.15, 0.2) is 11.5 Å². The fourth-order valence-electron chi connectivity index (χ4n) is 4.93. The quantitative estimate of drug-likeness (QED) is 0.369. The summed E-state index contributed by atoms with van der Waals surface area (Å²) >= 11 is 1.74. The summed E-state index contributed by atoms with van der Waals surface area (Å²) in [6.07, 6.45) is 1.57. The van der Waals surface area contributed by atoms with Crippen LogP contribution in [0.1, 0.15) is 24.8 Å². The molecule has 0 spiro atoms. The van der Waals surface area contributed by atoms with Crippen LogP contribution in [0.25, 0.3) is 0 Å². The topological polar surface area (TPSA) is 54.0 Å². The van der Waals surface area contributed by atoms with E-state index in [1.807, 2.05) is 35.2 Å². The molecule has 4 aliphatic rings. The zero-order chi connectivity index (χ0) is 24.3. The molecule has 1 atom stereocenters. The molecule has 4 aliphatic heterocycles. The van der Waals surface area contributed by atoms with Crippen LogP contribution in [0.4, 0.5) is 4.39 Å². The van der Waals surface area contributed by atoms with Gasteiger partial charge in [-0.05, 0) is 59.2 Å². The van der Waals surface area contributed by atoms with Gasteiger partial charge < -0.3 is 19.7 Å². The summed E-state index contributed by atoms with van der Waals surface area (Å²) in [5, 5.41) is 2.98. The summed E-state index contributed by atoms with van der Waals surface area (Å²) in [6.45, 7) is 7.80. The lowest BCUT2D eigenvalue weighted by atomic mass is 9.85. The van der Waals surface area contributed by atoms with Crippen LogP contribution in [0.2, 0.25) is 0 Å². The first-order valence-electron chi connectivity index (χ1n) is 12.2. The van der Waals surface area contributed by atoms with Crippen LogP contribution < -0.4 is 14.8 Å². The highest BCUT2D eigenvalue weighted by Crippen LogP contribution is 2.38. The zero-order valence-corrected chi connectivity index (χ0v) is 20.9. The van der Waals surface area contributed by atoms with E-state index in [0.29, 0.717) is 38.6 Å². The number of hydrogen-bond donors (Lipinski definition) is 1. The monoisotopic (exact) mass is 497 g/mol. The molecular formula is C27H32FN3O3S. The lowest BCUT2D eigenvalue weighted by Gasteiger charge is -2.37. The highest BCUT2D eigenvalue weighted by atomic mass is 32.2. The smallest absolute Gasteiger partial charge is 0.210 e. The van der Waals surface area contributed by atoms with Gasteiger partial charge in [0.05, 0.1) is 0 Å². The van der Waals surface area contributed by atoms with Crippen LogP contribution in [-0.2, 0) is 4.79 Å². The Morgan fingerprint density at radius 2 is 1.71 bits per heavy atom. The van der Waals surface area contributed by atoms with Gasteiger partial charge in [0, 0.05) is 44.2 Å².